The number of nitrogens with zero attached hydrogens (tertiary/aromatic N) is 3. The third-order valence-corrected chi connectivity index (χ3v) is 2.58. The number of carbonyl (C=O) groups is 1. The fourth-order valence-corrected chi connectivity index (χ4v) is 1.56. The van der Waals surface area contributed by atoms with E-state index in [1.807, 2.05) is 0 Å². The Labute approximate surface area is 105 Å². The van der Waals surface area contributed by atoms with Gasteiger partial charge in [0.25, 0.3) is 0 Å². The number of aromatic nitrogens is 3. The number of nitrogens with one attached hydrogen (secondary N) is 1. The van der Waals surface area contributed by atoms with Crippen molar-refractivity contribution < 1.29 is 4.79 Å². The highest BCUT2D eigenvalue weighted by Gasteiger charge is 2.11. The number of likely N-dealkylation sites (N-methyl/N-ethyl adjacent to an activating group) is 1. The molecule has 2 aromatic rings. The summed E-state index contributed by atoms with van der Waals surface area (Å²) in [5.74, 6) is 0.00784. The average molecular weight is 245 g/mol. The fourth-order valence-electron chi connectivity index (χ4n) is 1.56. The Kier molecular flexibility index (Phi) is 3.57. The van der Waals surface area contributed by atoms with Gasteiger partial charge in [-0.2, -0.15) is 5.10 Å². The molecule has 0 bridgehead atoms. The van der Waals surface area contributed by atoms with Crippen LogP contribution in [0, 0.1) is 0 Å². The zero-order chi connectivity index (χ0) is 13.0. The van der Waals surface area contributed by atoms with E-state index in [2.05, 4.69) is 15.2 Å². The van der Waals surface area contributed by atoms with Crippen LogP contribution in [0.3, 0.4) is 0 Å². The van der Waals surface area contributed by atoms with Crippen LogP contribution in [-0.2, 0) is 17.8 Å². The molecule has 0 atom stereocenters. The summed E-state index contributed by atoms with van der Waals surface area (Å²) in [4.78, 5) is 17.7. The van der Waals surface area contributed by atoms with Gasteiger partial charge in [-0.25, -0.2) is 0 Å². The van der Waals surface area contributed by atoms with Crippen molar-refractivity contribution in [2.24, 2.45) is 0 Å². The normalized spacial score (nSPS) is 10.3. The second-order valence-corrected chi connectivity index (χ2v) is 4.12. The largest absolute Gasteiger partial charge is 0.397 e. The van der Waals surface area contributed by atoms with Crippen molar-refractivity contribution in [3.05, 3.63) is 42.0 Å². The second-order valence-electron chi connectivity index (χ2n) is 4.12. The van der Waals surface area contributed by atoms with Gasteiger partial charge in [0.05, 0.1) is 24.5 Å². The first-order valence-electron chi connectivity index (χ1n) is 5.57. The fraction of sp³-hybridized carbons (Fsp3) is 0.250. The highest BCUT2D eigenvalue weighted by Crippen LogP contribution is 2.05. The summed E-state index contributed by atoms with van der Waals surface area (Å²) in [6, 6.07) is 3.50. The first-order valence-corrected chi connectivity index (χ1v) is 5.57. The quantitative estimate of drug-likeness (QED) is 0.825. The van der Waals surface area contributed by atoms with E-state index < -0.39 is 0 Å². The van der Waals surface area contributed by atoms with Gasteiger partial charge >= 0.3 is 0 Å². The average Bonchev–Trinajstić information content (AvgIpc) is 2.85. The van der Waals surface area contributed by atoms with E-state index in [0.29, 0.717) is 17.9 Å². The van der Waals surface area contributed by atoms with Gasteiger partial charge in [0, 0.05) is 31.0 Å². The third kappa shape index (κ3) is 3.07. The first kappa shape index (κ1) is 12.1. The molecule has 0 aliphatic rings. The van der Waals surface area contributed by atoms with Crippen molar-refractivity contribution in [1.82, 2.24) is 20.1 Å². The molecule has 0 unspecified atom stereocenters. The van der Waals surface area contributed by atoms with E-state index in [9.17, 15) is 4.79 Å². The van der Waals surface area contributed by atoms with Crippen LogP contribution in [-0.4, -0.2) is 33.0 Å². The maximum Gasteiger partial charge on any atom is 0.228 e. The van der Waals surface area contributed by atoms with Crippen LogP contribution in [0.4, 0.5) is 5.69 Å². The Morgan fingerprint density at radius 2 is 2.28 bits per heavy atom. The molecule has 0 aliphatic carbocycles. The number of H-pyrrole nitrogens is 1. The molecule has 0 aliphatic heterocycles. The van der Waals surface area contributed by atoms with Gasteiger partial charge in [-0.1, -0.05) is 0 Å². The molecular weight excluding hydrogens is 230 g/mol. The van der Waals surface area contributed by atoms with Gasteiger partial charge in [0.15, 0.2) is 0 Å². The van der Waals surface area contributed by atoms with E-state index in [4.69, 9.17) is 5.73 Å². The standard InChI is InChI=1S/C12H15N5O/c1-17(8-9-5-15-16-6-9)12(18)4-11-3-2-10(13)7-14-11/h2-3,5-7H,4,8,13H2,1H3,(H,15,16). The number of hydrogen-bond donors (Lipinski definition) is 2. The number of anilines is 1. The summed E-state index contributed by atoms with van der Waals surface area (Å²) in [7, 11) is 1.76. The lowest BCUT2D eigenvalue weighted by atomic mass is 10.2. The summed E-state index contributed by atoms with van der Waals surface area (Å²) < 4.78 is 0. The Balaban J connectivity index is 1.93. The topological polar surface area (TPSA) is 87.9 Å². The lowest BCUT2D eigenvalue weighted by molar-refractivity contribution is -0.129. The third-order valence-electron chi connectivity index (χ3n) is 2.58. The molecule has 18 heavy (non-hydrogen) atoms. The molecule has 2 heterocycles. The Morgan fingerprint density at radius 3 is 2.89 bits per heavy atom. The second kappa shape index (κ2) is 5.31. The minimum atomic E-state index is 0.00784. The predicted octanol–water partition coefficient (Wildman–Crippen LogP) is 0.588. The van der Waals surface area contributed by atoms with Crippen LogP contribution in [0.25, 0.3) is 0 Å². The van der Waals surface area contributed by atoms with E-state index in [1.165, 1.54) is 0 Å². The van der Waals surface area contributed by atoms with Crippen LogP contribution in [0.1, 0.15) is 11.3 Å². The van der Waals surface area contributed by atoms with Gasteiger partial charge in [-0.3, -0.25) is 14.9 Å². The monoisotopic (exact) mass is 245 g/mol. The van der Waals surface area contributed by atoms with Crippen molar-refractivity contribution in [3.63, 3.8) is 0 Å². The van der Waals surface area contributed by atoms with E-state index in [0.717, 1.165) is 5.56 Å². The minimum Gasteiger partial charge on any atom is -0.397 e. The molecule has 6 nitrogen and oxygen atoms in total. The Morgan fingerprint density at radius 1 is 1.44 bits per heavy atom. The smallest absolute Gasteiger partial charge is 0.228 e. The van der Waals surface area contributed by atoms with Crippen molar-refractivity contribution in [2.45, 2.75) is 13.0 Å². The molecule has 1 amide bonds. The highest BCUT2D eigenvalue weighted by atomic mass is 16.2. The molecule has 2 aromatic heterocycles. The van der Waals surface area contributed by atoms with E-state index >= 15 is 0 Å². The summed E-state index contributed by atoms with van der Waals surface area (Å²) in [5.41, 5.74) is 7.82. The summed E-state index contributed by atoms with van der Waals surface area (Å²) in [5, 5.41) is 6.55. The van der Waals surface area contributed by atoms with Crippen molar-refractivity contribution in [1.29, 1.82) is 0 Å². The lowest BCUT2D eigenvalue weighted by Crippen LogP contribution is -2.27. The maximum absolute atomic E-state index is 11.9. The number of rotatable bonds is 4. The molecule has 6 heteroatoms. The van der Waals surface area contributed by atoms with Crippen molar-refractivity contribution >= 4 is 11.6 Å². The van der Waals surface area contributed by atoms with Crippen LogP contribution in [0.15, 0.2) is 30.7 Å². The molecule has 0 saturated carbocycles. The molecule has 0 aromatic carbocycles. The van der Waals surface area contributed by atoms with Crippen LogP contribution in [0.5, 0.6) is 0 Å². The predicted molar refractivity (Wildman–Crippen MR) is 67.4 cm³/mol. The molecule has 2 rings (SSSR count). The van der Waals surface area contributed by atoms with Gasteiger partial charge in [0.2, 0.25) is 5.91 Å². The van der Waals surface area contributed by atoms with Crippen molar-refractivity contribution in [3.8, 4) is 0 Å². The number of nitrogen functional groups attached to an aromatic ring is 1. The molecule has 0 fully saturated rings. The summed E-state index contributed by atoms with van der Waals surface area (Å²) in [6.07, 6.45) is 5.30. The SMILES string of the molecule is CN(Cc1cn[nH]c1)C(=O)Cc1ccc(N)cn1. The number of carbonyl (C=O) groups excluding carboxylic acids is 1. The number of amides is 1. The lowest BCUT2D eigenvalue weighted by Gasteiger charge is -2.15. The molecule has 0 spiro atoms. The van der Waals surface area contributed by atoms with E-state index in [1.54, 1.807) is 42.7 Å². The summed E-state index contributed by atoms with van der Waals surface area (Å²) >= 11 is 0. The van der Waals surface area contributed by atoms with Gasteiger partial charge in [0.1, 0.15) is 0 Å². The molecule has 94 valence electrons. The number of aromatic amines is 1. The Hall–Kier alpha value is -2.37. The van der Waals surface area contributed by atoms with Crippen LogP contribution >= 0.6 is 0 Å². The minimum absolute atomic E-state index is 0.00784. The van der Waals surface area contributed by atoms with Crippen LogP contribution in [0.2, 0.25) is 0 Å². The van der Waals surface area contributed by atoms with Crippen LogP contribution < -0.4 is 5.73 Å². The molecule has 0 saturated heterocycles. The Bertz CT molecular complexity index is 506. The van der Waals surface area contributed by atoms with Gasteiger partial charge < -0.3 is 10.6 Å². The van der Waals surface area contributed by atoms with Gasteiger partial charge in [-0.05, 0) is 12.1 Å². The molecule has 0 radical (unpaired) electrons. The van der Waals surface area contributed by atoms with Gasteiger partial charge in [-0.15, -0.1) is 0 Å². The number of hydrogen-bond acceptors (Lipinski definition) is 4. The zero-order valence-electron chi connectivity index (χ0n) is 10.1. The van der Waals surface area contributed by atoms with Crippen molar-refractivity contribution in [2.75, 3.05) is 12.8 Å². The molecule has 3 N–H and O–H groups in total. The maximum atomic E-state index is 11.9. The number of pyridine rings is 1. The first-order chi connectivity index (χ1) is 8.65. The molecular formula is C12H15N5O. The highest BCUT2D eigenvalue weighted by molar-refractivity contribution is 5.78. The summed E-state index contributed by atoms with van der Waals surface area (Å²) in [6.45, 7) is 0.532. The number of nitrogens with two attached hydrogens (primary N) is 1. The zero-order valence-corrected chi connectivity index (χ0v) is 10.1. The van der Waals surface area contributed by atoms with E-state index in [-0.39, 0.29) is 12.3 Å².